The Balaban J connectivity index is 1.62. The third-order valence-electron chi connectivity index (χ3n) is 4.21. The van der Waals surface area contributed by atoms with Crippen LogP contribution in [0.15, 0.2) is 65.6 Å². The molecule has 0 aromatic heterocycles. The largest absolute Gasteiger partial charge is 0.484 e. The molecule has 1 amide bonds. The van der Waals surface area contributed by atoms with Crippen LogP contribution in [0.25, 0.3) is 0 Å². The summed E-state index contributed by atoms with van der Waals surface area (Å²) >= 11 is 0. The Morgan fingerprint density at radius 3 is 2.10 bits per heavy atom. The summed E-state index contributed by atoms with van der Waals surface area (Å²) in [6.07, 6.45) is 0. The number of sulfonamides is 1. The van der Waals surface area contributed by atoms with Crippen LogP contribution in [0.3, 0.4) is 0 Å². The number of aryl methyl sites for hydroxylation is 2. The highest BCUT2D eigenvalue weighted by Gasteiger charge is 2.16. The van der Waals surface area contributed by atoms with Crippen LogP contribution in [0.1, 0.15) is 11.1 Å². The quantitative estimate of drug-likeness (QED) is 0.564. The molecule has 0 spiro atoms. The molecule has 0 bridgehead atoms. The predicted octanol–water partition coefficient (Wildman–Crippen LogP) is 4.40. The van der Waals surface area contributed by atoms with Gasteiger partial charge in [-0.05, 0) is 73.5 Å². The highest BCUT2D eigenvalue weighted by Crippen LogP contribution is 2.22. The lowest BCUT2D eigenvalue weighted by molar-refractivity contribution is -0.118. The van der Waals surface area contributed by atoms with Gasteiger partial charge in [0.1, 0.15) is 23.1 Å². The smallest absolute Gasteiger partial charge is 0.262 e. The lowest BCUT2D eigenvalue weighted by Gasteiger charge is -2.11. The van der Waals surface area contributed by atoms with Crippen molar-refractivity contribution < 1.29 is 26.7 Å². The van der Waals surface area contributed by atoms with E-state index in [0.29, 0.717) is 5.69 Å². The van der Waals surface area contributed by atoms with Crippen molar-refractivity contribution in [3.63, 3.8) is 0 Å². The van der Waals surface area contributed by atoms with Crippen molar-refractivity contribution in [1.82, 2.24) is 0 Å². The second-order valence-corrected chi connectivity index (χ2v) is 8.57. The number of ether oxygens (including phenoxy) is 1. The van der Waals surface area contributed by atoms with Crippen LogP contribution < -0.4 is 14.8 Å². The van der Waals surface area contributed by atoms with Crippen molar-refractivity contribution in [3.8, 4) is 5.75 Å². The van der Waals surface area contributed by atoms with Crippen LogP contribution in [0.5, 0.6) is 5.75 Å². The van der Waals surface area contributed by atoms with Crippen LogP contribution in [-0.4, -0.2) is 20.9 Å². The maximum absolute atomic E-state index is 13.6. The third-order valence-corrected chi connectivity index (χ3v) is 5.60. The number of halogens is 2. The maximum Gasteiger partial charge on any atom is 0.262 e. The highest BCUT2D eigenvalue weighted by molar-refractivity contribution is 7.92. The first-order valence-corrected chi connectivity index (χ1v) is 10.7. The van der Waals surface area contributed by atoms with Crippen LogP contribution in [-0.2, 0) is 14.8 Å². The van der Waals surface area contributed by atoms with E-state index >= 15 is 0 Å². The molecule has 3 rings (SSSR count). The Bertz CT molecular complexity index is 1170. The van der Waals surface area contributed by atoms with Gasteiger partial charge in [-0.1, -0.05) is 12.1 Å². The first-order chi connectivity index (χ1) is 14.6. The Morgan fingerprint density at radius 1 is 0.935 bits per heavy atom. The van der Waals surface area contributed by atoms with E-state index in [0.717, 1.165) is 23.3 Å². The van der Waals surface area contributed by atoms with Gasteiger partial charge in [0.2, 0.25) is 0 Å². The standard InChI is InChI=1S/C22H20F2N2O4S/c1-14-10-15(2)12-16(11-14)26-31(28,29)18-8-6-17(7-9-18)30-13-21(27)25-22-19(23)4-3-5-20(22)24/h3-12,26H,13H2,1-2H3,(H,25,27). The molecule has 2 N–H and O–H groups in total. The van der Waals surface area contributed by atoms with Gasteiger partial charge in [-0.25, -0.2) is 17.2 Å². The van der Waals surface area contributed by atoms with E-state index in [1.807, 2.05) is 19.9 Å². The molecule has 0 aliphatic carbocycles. The summed E-state index contributed by atoms with van der Waals surface area (Å²) in [5.74, 6) is -2.36. The number of carbonyl (C=O) groups is 1. The number of para-hydroxylation sites is 1. The average Bonchev–Trinajstić information content (AvgIpc) is 2.68. The van der Waals surface area contributed by atoms with Crippen LogP contribution >= 0.6 is 0 Å². The number of hydrogen-bond donors (Lipinski definition) is 2. The van der Waals surface area contributed by atoms with E-state index in [2.05, 4.69) is 10.0 Å². The summed E-state index contributed by atoms with van der Waals surface area (Å²) in [6.45, 7) is 3.22. The summed E-state index contributed by atoms with van der Waals surface area (Å²) in [4.78, 5) is 11.9. The Labute approximate surface area is 178 Å². The van der Waals surface area contributed by atoms with Crippen molar-refractivity contribution in [3.05, 3.63) is 83.4 Å². The molecule has 0 saturated heterocycles. The second kappa shape index (κ2) is 9.13. The Morgan fingerprint density at radius 2 is 1.52 bits per heavy atom. The van der Waals surface area contributed by atoms with Gasteiger partial charge < -0.3 is 10.1 Å². The third kappa shape index (κ3) is 5.79. The van der Waals surface area contributed by atoms with E-state index in [1.165, 1.54) is 30.3 Å². The Kier molecular flexibility index (Phi) is 6.55. The lowest BCUT2D eigenvalue weighted by atomic mass is 10.1. The molecule has 3 aromatic carbocycles. The topological polar surface area (TPSA) is 84.5 Å². The van der Waals surface area contributed by atoms with Crippen LogP contribution in [0.4, 0.5) is 20.2 Å². The average molecular weight is 446 g/mol. The van der Waals surface area contributed by atoms with Crippen molar-refractivity contribution in [1.29, 1.82) is 0 Å². The molecular formula is C22H20F2N2O4S. The summed E-state index contributed by atoms with van der Waals surface area (Å²) in [6, 6.07) is 14.0. The first-order valence-electron chi connectivity index (χ1n) is 9.22. The highest BCUT2D eigenvalue weighted by atomic mass is 32.2. The minimum Gasteiger partial charge on any atom is -0.484 e. The fourth-order valence-electron chi connectivity index (χ4n) is 2.90. The zero-order chi connectivity index (χ0) is 22.6. The van der Waals surface area contributed by atoms with Gasteiger partial charge in [0.05, 0.1) is 4.90 Å². The zero-order valence-corrected chi connectivity index (χ0v) is 17.6. The second-order valence-electron chi connectivity index (χ2n) is 6.89. The summed E-state index contributed by atoms with van der Waals surface area (Å²) in [7, 11) is -3.81. The summed E-state index contributed by atoms with van der Waals surface area (Å²) in [5, 5.41) is 2.10. The van der Waals surface area contributed by atoms with E-state index in [-0.39, 0.29) is 10.6 Å². The van der Waals surface area contributed by atoms with Gasteiger partial charge in [-0.15, -0.1) is 0 Å². The predicted molar refractivity (Wildman–Crippen MR) is 114 cm³/mol. The molecule has 0 unspecified atom stereocenters. The maximum atomic E-state index is 13.6. The van der Waals surface area contributed by atoms with E-state index in [4.69, 9.17) is 4.74 Å². The number of nitrogens with one attached hydrogen (secondary N) is 2. The zero-order valence-electron chi connectivity index (χ0n) is 16.8. The number of anilines is 2. The molecule has 0 aliphatic rings. The molecule has 162 valence electrons. The number of benzene rings is 3. The molecule has 0 atom stereocenters. The number of amides is 1. The molecule has 31 heavy (non-hydrogen) atoms. The fraction of sp³-hybridized carbons (Fsp3) is 0.136. The molecule has 0 fully saturated rings. The minimum atomic E-state index is -3.81. The lowest BCUT2D eigenvalue weighted by Crippen LogP contribution is -2.21. The molecule has 0 saturated carbocycles. The van der Waals surface area contributed by atoms with Gasteiger partial charge in [-0.3, -0.25) is 9.52 Å². The van der Waals surface area contributed by atoms with Gasteiger partial charge in [-0.2, -0.15) is 0 Å². The molecule has 6 nitrogen and oxygen atoms in total. The molecule has 0 radical (unpaired) electrons. The fourth-order valence-corrected chi connectivity index (χ4v) is 3.94. The number of carbonyl (C=O) groups excluding carboxylic acids is 1. The monoisotopic (exact) mass is 446 g/mol. The van der Waals surface area contributed by atoms with Crippen molar-refractivity contribution in [2.24, 2.45) is 0 Å². The number of hydrogen-bond acceptors (Lipinski definition) is 4. The Hall–Kier alpha value is -3.46. The SMILES string of the molecule is Cc1cc(C)cc(NS(=O)(=O)c2ccc(OCC(=O)Nc3c(F)cccc3F)cc2)c1. The van der Waals surface area contributed by atoms with Gasteiger partial charge in [0.25, 0.3) is 15.9 Å². The van der Waals surface area contributed by atoms with Crippen molar-refractivity contribution in [2.75, 3.05) is 16.6 Å². The number of rotatable bonds is 7. The first kappa shape index (κ1) is 22.2. The van der Waals surface area contributed by atoms with Gasteiger partial charge >= 0.3 is 0 Å². The van der Waals surface area contributed by atoms with Gasteiger partial charge in [0, 0.05) is 5.69 Å². The molecule has 0 heterocycles. The van der Waals surface area contributed by atoms with E-state index in [1.54, 1.807) is 12.1 Å². The molecule has 9 heteroatoms. The molecule has 0 aliphatic heterocycles. The van der Waals surface area contributed by atoms with Gasteiger partial charge in [0.15, 0.2) is 6.61 Å². The normalized spacial score (nSPS) is 11.1. The summed E-state index contributed by atoms with van der Waals surface area (Å²) < 4.78 is 60.1. The van der Waals surface area contributed by atoms with Crippen LogP contribution in [0, 0.1) is 25.5 Å². The van der Waals surface area contributed by atoms with Crippen LogP contribution in [0.2, 0.25) is 0 Å². The van der Waals surface area contributed by atoms with E-state index in [9.17, 15) is 22.0 Å². The molecular weight excluding hydrogens is 426 g/mol. The van der Waals surface area contributed by atoms with E-state index < -0.39 is 39.9 Å². The minimum absolute atomic E-state index is 0.0110. The van der Waals surface area contributed by atoms with Crippen molar-refractivity contribution in [2.45, 2.75) is 18.7 Å². The van der Waals surface area contributed by atoms with Crippen molar-refractivity contribution >= 4 is 27.3 Å². The molecule has 3 aromatic rings. The summed E-state index contributed by atoms with van der Waals surface area (Å²) in [5.41, 5.74) is 1.75.